The van der Waals surface area contributed by atoms with Crippen LogP contribution in [0, 0.1) is 28.8 Å². The lowest BCUT2D eigenvalue weighted by Crippen LogP contribution is -1.94. The molecule has 0 aliphatic heterocycles. The van der Waals surface area contributed by atoms with Gasteiger partial charge in [-0.05, 0) is 24.3 Å². The first-order valence-corrected chi connectivity index (χ1v) is 5.41. The molecule has 0 aliphatic carbocycles. The van der Waals surface area contributed by atoms with Gasteiger partial charge < -0.3 is 4.74 Å². The normalized spacial score (nSPS) is 10.1. The Kier molecular flexibility index (Phi) is 3.63. The van der Waals surface area contributed by atoms with Gasteiger partial charge in [0, 0.05) is 6.07 Å². The molecule has 0 saturated heterocycles. The van der Waals surface area contributed by atoms with Crippen LogP contribution < -0.4 is 4.74 Å². The van der Waals surface area contributed by atoms with E-state index >= 15 is 0 Å². The van der Waals surface area contributed by atoms with Gasteiger partial charge in [0.2, 0.25) is 0 Å². The number of rotatable bonds is 2. The minimum Gasteiger partial charge on any atom is -0.451 e. The molecule has 0 heterocycles. The summed E-state index contributed by atoms with van der Waals surface area (Å²) in [6.45, 7) is 0. The maximum absolute atomic E-state index is 13.5. The maximum Gasteiger partial charge on any atom is 0.198 e. The van der Waals surface area contributed by atoms with E-state index in [9.17, 15) is 13.2 Å². The second kappa shape index (κ2) is 5.21. The number of benzene rings is 2. The van der Waals surface area contributed by atoms with Crippen molar-refractivity contribution in [3.8, 4) is 17.6 Å². The Bertz CT molecular complexity index is 659. The average molecular weight is 284 g/mol. The van der Waals surface area contributed by atoms with Gasteiger partial charge in [-0.1, -0.05) is 11.6 Å². The third kappa shape index (κ3) is 2.80. The lowest BCUT2D eigenvalue weighted by atomic mass is 10.2. The first-order valence-electron chi connectivity index (χ1n) is 5.03. The van der Waals surface area contributed by atoms with Gasteiger partial charge in [0.1, 0.15) is 11.6 Å². The zero-order chi connectivity index (χ0) is 14.0. The minimum atomic E-state index is -1.03. The zero-order valence-corrected chi connectivity index (χ0v) is 10.0. The predicted molar refractivity (Wildman–Crippen MR) is 62.6 cm³/mol. The fourth-order valence-electron chi connectivity index (χ4n) is 1.38. The highest BCUT2D eigenvalue weighted by Gasteiger charge is 2.14. The molecule has 2 rings (SSSR count). The third-order valence-corrected chi connectivity index (χ3v) is 2.53. The second-order valence-corrected chi connectivity index (χ2v) is 3.97. The van der Waals surface area contributed by atoms with E-state index in [-0.39, 0.29) is 16.3 Å². The van der Waals surface area contributed by atoms with E-state index in [2.05, 4.69) is 0 Å². The summed E-state index contributed by atoms with van der Waals surface area (Å²) in [7, 11) is 0. The quantitative estimate of drug-likeness (QED) is 0.817. The molecule has 2 aromatic rings. The molecule has 0 aliphatic rings. The van der Waals surface area contributed by atoms with Crippen LogP contribution in [0.5, 0.6) is 11.5 Å². The summed E-state index contributed by atoms with van der Waals surface area (Å²) in [6.07, 6.45) is 0. The van der Waals surface area contributed by atoms with Crippen molar-refractivity contribution < 1.29 is 17.9 Å². The van der Waals surface area contributed by atoms with E-state index in [1.807, 2.05) is 0 Å². The van der Waals surface area contributed by atoms with Crippen molar-refractivity contribution in [3.63, 3.8) is 0 Å². The molecular weight excluding hydrogens is 279 g/mol. The Balaban J connectivity index is 2.38. The predicted octanol–water partition coefficient (Wildman–Crippen LogP) is 4.42. The first-order chi connectivity index (χ1) is 9.01. The van der Waals surface area contributed by atoms with Gasteiger partial charge in [0.25, 0.3) is 0 Å². The average Bonchev–Trinajstić information content (AvgIpc) is 2.37. The molecule has 2 nitrogen and oxygen atoms in total. The van der Waals surface area contributed by atoms with Crippen LogP contribution in [0.1, 0.15) is 5.56 Å². The molecule has 0 fully saturated rings. The fraction of sp³-hybridized carbons (Fsp3) is 0. The Hall–Kier alpha value is -2.19. The molecule has 0 spiro atoms. The molecule has 96 valence electrons. The highest BCUT2D eigenvalue weighted by molar-refractivity contribution is 6.30. The summed E-state index contributed by atoms with van der Waals surface area (Å²) in [5, 5.41) is 8.32. The lowest BCUT2D eigenvalue weighted by molar-refractivity contribution is 0.406. The monoisotopic (exact) mass is 283 g/mol. The van der Waals surface area contributed by atoms with Crippen LogP contribution in [-0.4, -0.2) is 0 Å². The Morgan fingerprint density at radius 1 is 1.00 bits per heavy atom. The summed E-state index contributed by atoms with van der Waals surface area (Å²) in [6, 6.07) is 6.56. The van der Waals surface area contributed by atoms with Crippen molar-refractivity contribution in [2.45, 2.75) is 0 Å². The lowest BCUT2D eigenvalue weighted by Gasteiger charge is -2.08. The van der Waals surface area contributed by atoms with Crippen molar-refractivity contribution in [1.82, 2.24) is 0 Å². The standard InChI is InChI=1S/C13H5ClF3NO/c14-9-5-8(1-2-10(9)15)19-13-11(16)3-7(6-18)4-12(13)17/h1-5H. The van der Waals surface area contributed by atoms with Crippen molar-refractivity contribution in [2.75, 3.05) is 0 Å². The Morgan fingerprint density at radius 3 is 2.16 bits per heavy atom. The van der Waals surface area contributed by atoms with Crippen LogP contribution in [-0.2, 0) is 0 Å². The van der Waals surface area contributed by atoms with Crippen LogP contribution in [0.2, 0.25) is 5.02 Å². The Labute approximate surface area is 111 Å². The largest absolute Gasteiger partial charge is 0.451 e. The van der Waals surface area contributed by atoms with Crippen LogP contribution >= 0.6 is 11.6 Å². The van der Waals surface area contributed by atoms with Crippen LogP contribution in [0.3, 0.4) is 0 Å². The number of hydrogen-bond acceptors (Lipinski definition) is 2. The zero-order valence-electron chi connectivity index (χ0n) is 9.25. The number of hydrogen-bond donors (Lipinski definition) is 0. The van der Waals surface area contributed by atoms with Gasteiger partial charge in [-0.25, -0.2) is 13.2 Å². The van der Waals surface area contributed by atoms with Gasteiger partial charge in [-0.2, -0.15) is 5.26 Å². The smallest absolute Gasteiger partial charge is 0.198 e. The number of nitrogens with zero attached hydrogens (tertiary/aromatic N) is 1. The molecule has 0 saturated carbocycles. The summed E-state index contributed by atoms with van der Waals surface area (Å²) >= 11 is 5.52. The SMILES string of the molecule is N#Cc1cc(F)c(Oc2ccc(F)c(Cl)c2)c(F)c1. The molecule has 0 unspecified atom stereocenters. The molecule has 6 heteroatoms. The van der Waals surface area contributed by atoms with Crippen molar-refractivity contribution >= 4 is 11.6 Å². The molecule has 0 atom stereocenters. The number of ether oxygens (including phenoxy) is 1. The van der Waals surface area contributed by atoms with Gasteiger partial charge in [-0.15, -0.1) is 0 Å². The highest BCUT2D eigenvalue weighted by Crippen LogP contribution is 2.30. The summed E-state index contributed by atoms with van der Waals surface area (Å²) in [5.41, 5.74) is -0.167. The second-order valence-electron chi connectivity index (χ2n) is 3.56. The minimum absolute atomic E-state index is 0.0195. The van der Waals surface area contributed by atoms with Crippen molar-refractivity contribution in [3.05, 3.63) is 58.4 Å². The molecule has 0 radical (unpaired) electrons. The molecular formula is C13H5ClF3NO. The first kappa shape index (κ1) is 13.2. The number of halogens is 4. The van der Waals surface area contributed by atoms with E-state index in [0.29, 0.717) is 0 Å². The number of nitriles is 1. The molecule has 0 N–H and O–H groups in total. The topological polar surface area (TPSA) is 33.0 Å². The third-order valence-electron chi connectivity index (χ3n) is 2.24. The van der Waals surface area contributed by atoms with Gasteiger partial charge in [-0.3, -0.25) is 0 Å². The van der Waals surface area contributed by atoms with E-state index in [1.54, 1.807) is 6.07 Å². The van der Waals surface area contributed by atoms with Crippen molar-refractivity contribution in [1.29, 1.82) is 5.26 Å². The maximum atomic E-state index is 13.5. The van der Waals surface area contributed by atoms with E-state index in [0.717, 1.165) is 24.3 Å². The van der Waals surface area contributed by atoms with E-state index in [1.165, 1.54) is 6.07 Å². The Morgan fingerprint density at radius 2 is 1.63 bits per heavy atom. The van der Waals surface area contributed by atoms with Gasteiger partial charge in [0.05, 0.1) is 16.7 Å². The van der Waals surface area contributed by atoms with Gasteiger partial charge in [0.15, 0.2) is 17.4 Å². The molecule has 19 heavy (non-hydrogen) atoms. The molecule has 0 aromatic heterocycles. The van der Waals surface area contributed by atoms with Crippen molar-refractivity contribution in [2.24, 2.45) is 0 Å². The molecule has 0 amide bonds. The van der Waals surface area contributed by atoms with Gasteiger partial charge >= 0.3 is 0 Å². The van der Waals surface area contributed by atoms with Crippen LogP contribution in [0.15, 0.2) is 30.3 Å². The van der Waals surface area contributed by atoms with E-state index in [4.69, 9.17) is 21.6 Å². The van der Waals surface area contributed by atoms with E-state index < -0.39 is 23.2 Å². The highest BCUT2D eigenvalue weighted by atomic mass is 35.5. The fourth-order valence-corrected chi connectivity index (χ4v) is 1.55. The molecule has 2 aromatic carbocycles. The van der Waals surface area contributed by atoms with Crippen LogP contribution in [0.4, 0.5) is 13.2 Å². The molecule has 0 bridgehead atoms. The summed E-state index contributed by atoms with van der Waals surface area (Å²) in [4.78, 5) is 0. The van der Waals surface area contributed by atoms with Crippen LogP contribution in [0.25, 0.3) is 0 Å². The summed E-state index contributed by atoms with van der Waals surface area (Å²) < 4.78 is 45.0. The summed E-state index contributed by atoms with van der Waals surface area (Å²) in [5.74, 6) is -3.43.